The van der Waals surface area contributed by atoms with Crippen LogP contribution in [0.25, 0.3) is 0 Å². The SMILES string of the molecule is C[C@@]12CCC[C@H]1[C@@H]1CCc3ccccc3[C@@]1(CCCCCCCCCS(=O)CCCC(F)(F)C(F)(F)F)CC2. The summed E-state index contributed by atoms with van der Waals surface area (Å²) in [5.74, 6) is -2.68. The highest BCUT2D eigenvalue weighted by molar-refractivity contribution is 7.84. The topological polar surface area (TPSA) is 17.1 Å². The smallest absolute Gasteiger partial charge is 0.260 e. The van der Waals surface area contributed by atoms with Crippen LogP contribution in [0.1, 0.15) is 121 Å². The van der Waals surface area contributed by atoms with Crippen molar-refractivity contribution in [3.63, 3.8) is 0 Å². The molecule has 0 amide bonds. The molecule has 3 aliphatic rings. The van der Waals surface area contributed by atoms with Crippen LogP contribution in [0.15, 0.2) is 24.3 Å². The first kappa shape index (κ1) is 31.0. The Kier molecular flexibility index (Phi) is 10.2. The molecule has 1 aromatic carbocycles. The highest BCUT2D eigenvalue weighted by Crippen LogP contribution is 2.64. The number of hydrogen-bond donors (Lipinski definition) is 0. The first-order chi connectivity index (χ1) is 18.5. The molecular formula is C32H47F5OS. The van der Waals surface area contributed by atoms with Gasteiger partial charge < -0.3 is 0 Å². The zero-order valence-corrected chi connectivity index (χ0v) is 24.4. The molecule has 5 atom stereocenters. The van der Waals surface area contributed by atoms with Gasteiger partial charge in [0.2, 0.25) is 0 Å². The lowest BCUT2D eigenvalue weighted by atomic mass is 9.47. The number of aryl methyl sites for hydroxylation is 1. The fourth-order valence-corrected chi connectivity index (χ4v) is 9.61. The zero-order valence-electron chi connectivity index (χ0n) is 23.6. The highest BCUT2D eigenvalue weighted by Gasteiger charge is 2.57. The zero-order chi connectivity index (χ0) is 28.2. The van der Waals surface area contributed by atoms with Crippen LogP contribution in [0, 0.1) is 17.3 Å². The summed E-state index contributed by atoms with van der Waals surface area (Å²) in [6.07, 6.45) is 11.2. The van der Waals surface area contributed by atoms with E-state index in [1.807, 2.05) is 0 Å². The average molecular weight is 575 g/mol. The number of benzene rings is 1. The van der Waals surface area contributed by atoms with Crippen LogP contribution in [-0.2, 0) is 22.6 Å². The van der Waals surface area contributed by atoms with Crippen molar-refractivity contribution in [1.29, 1.82) is 0 Å². The Morgan fingerprint density at radius 1 is 0.821 bits per heavy atom. The minimum Gasteiger partial charge on any atom is -0.260 e. The Hall–Kier alpha value is -0.980. The van der Waals surface area contributed by atoms with E-state index in [0.29, 0.717) is 16.6 Å². The molecule has 0 bridgehead atoms. The summed E-state index contributed by atoms with van der Waals surface area (Å²) in [7, 11) is -1.32. The molecule has 4 rings (SSSR count). The molecule has 0 saturated heterocycles. The summed E-state index contributed by atoms with van der Waals surface area (Å²) >= 11 is 0. The Morgan fingerprint density at radius 3 is 2.23 bits per heavy atom. The second kappa shape index (κ2) is 12.9. The van der Waals surface area contributed by atoms with Crippen molar-refractivity contribution in [3.05, 3.63) is 35.4 Å². The quantitative estimate of drug-likeness (QED) is 0.160. The molecule has 39 heavy (non-hydrogen) atoms. The molecule has 1 unspecified atom stereocenters. The van der Waals surface area contributed by atoms with Crippen molar-refractivity contribution in [2.24, 2.45) is 17.3 Å². The van der Waals surface area contributed by atoms with Crippen LogP contribution >= 0.6 is 0 Å². The van der Waals surface area contributed by atoms with Gasteiger partial charge in [0.15, 0.2) is 0 Å². The molecule has 0 radical (unpaired) electrons. The van der Waals surface area contributed by atoms with Crippen molar-refractivity contribution >= 4 is 10.8 Å². The highest BCUT2D eigenvalue weighted by atomic mass is 32.2. The monoisotopic (exact) mass is 574 g/mol. The predicted octanol–water partition coefficient (Wildman–Crippen LogP) is 9.93. The van der Waals surface area contributed by atoms with Gasteiger partial charge in [0.1, 0.15) is 0 Å². The lowest BCUT2D eigenvalue weighted by Crippen LogP contribution is -2.50. The van der Waals surface area contributed by atoms with Crippen LogP contribution in [-0.4, -0.2) is 27.8 Å². The normalized spacial score (nSPS) is 29.5. The molecule has 0 spiro atoms. The molecule has 222 valence electrons. The van der Waals surface area contributed by atoms with E-state index in [4.69, 9.17) is 0 Å². The van der Waals surface area contributed by atoms with Crippen LogP contribution in [0.5, 0.6) is 0 Å². The number of halogens is 5. The Labute approximate surface area is 234 Å². The standard InChI is InChI=1S/C32H47F5OS/c1-29-18-11-15-27(29)28-17-16-25-13-7-8-14-26(25)30(28,22-21-29)19-9-5-3-2-4-6-10-23-39(38)24-12-20-31(33,34)32(35,36)37/h7-8,13-14,27-28H,2-6,9-12,15-24H2,1H3/t27-,28-,29-,30+,39?/m0/s1. The molecule has 1 nitrogen and oxygen atoms in total. The molecular weight excluding hydrogens is 527 g/mol. The van der Waals surface area contributed by atoms with Crippen molar-refractivity contribution in [3.8, 4) is 0 Å². The van der Waals surface area contributed by atoms with Crippen molar-refractivity contribution in [1.82, 2.24) is 0 Å². The van der Waals surface area contributed by atoms with Crippen molar-refractivity contribution in [2.45, 2.75) is 134 Å². The lowest BCUT2D eigenvalue weighted by Gasteiger charge is -2.57. The second-order valence-electron chi connectivity index (χ2n) is 13.0. The number of rotatable bonds is 14. The summed E-state index contributed by atoms with van der Waals surface area (Å²) in [6.45, 7) is 2.57. The fraction of sp³-hybridized carbons (Fsp3) is 0.812. The third-order valence-electron chi connectivity index (χ3n) is 10.5. The summed E-state index contributed by atoms with van der Waals surface area (Å²) in [5, 5.41) is 0. The van der Waals surface area contributed by atoms with E-state index in [9.17, 15) is 26.2 Å². The van der Waals surface area contributed by atoms with E-state index in [-0.39, 0.29) is 12.2 Å². The Balaban J connectivity index is 1.14. The minimum atomic E-state index is -5.52. The van der Waals surface area contributed by atoms with Gasteiger partial charge in [0.25, 0.3) is 0 Å². The van der Waals surface area contributed by atoms with Crippen LogP contribution < -0.4 is 0 Å². The van der Waals surface area contributed by atoms with E-state index in [1.165, 1.54) is 70.6 Å². The third-order valence-corrected chi connectivity index (χ3v) is 12.0. The molecule has 2 fully saturated rings. The fourth-order valence-electron chi connectivity index (χ4n) is 8.41. The van der Waals surface area contributed by atoms with Gasteiger partial charge in [-0.05, 0) is 91.6 Å². The molecule has 1 aromatic rings. The Bertz CT molecular complexity index is 962. The molecule has 0 N–H and O–H groups in total. The molecule has 3 aliphatic carbocycles. The van der Waals surface area contributed by atoms with Gasteiger partial charge in [-0.2, -0.15) is 22.0 Å². The lowest BCUT2D eigenvalue weighted by molar-refractivity contribution is -0.284. The summed E-state index contributed by atoms with van der Waals surface area (Å²) in [4.78, 5) is 0. The molecule has 0 aromatic heterocycles. The maximum Gasteiger partial charge on any atom is 0.453 e. The van der Waals surface area contributed by atoms with Crippen molar-refractivity contribution in [2.75, 3.05) is 11.5 Å². The number of fused-ring (bicyclic) bond motifs is 5. The number of alkyl halides is 5. The Morgan fingerprint density at radius 2 is 1.49 bits per heavy atom. The van der Waals surface area contributed by atoms with Gasteiger partial charge in [0.05, 0.1) is 0 Å². The van der Waals surface area contributed by atoms with E-state index in [0.717, 1.165) is 37.5 Å². The van der Waals surface area contributed by atoms with Gasteiger partial charge in [-0.25, -0.2) is 0 Å². The van der Waals surface area contributed by atoms with Crippen molar-refractivity contribution < 1.29 is 26.2 Å². The van der Waals surface area contributed by atoms with Gasteiger partial charge >= 0.3 is 12.1 Å². The third kappa shape index (κ3) is 7.09. The molecule has 2 saturated carbocycles. The maximum absolute atomic E-state index is 13.0. The average Bonchev–Trinajstić information content (AvgIpc) is 3.28. The van der Waals surface area contributed by atoms with E-state index in [2.05, 4.69) is 31.2 Å². The van der Waals surface area contributed by atoms with Crippen LogP contribution in [0.3, 0.4) is 0 Å². The number of hydrogen-bond acceptors (Lipinski definition) is 1. The van der Waals surface area contributed by atoms with Gasteiger partial charge in [-0.3, -0.25) is 4.21 Å². The summed E-state index contributed by atoms with van der Waals surface area (Å²) in [5.41, 5.74) is 4.16. The van der Waals surface area contributed by atoms with Crippen LogP contribution in [0.2, 0.25) is 0 Å². The van der Waals surface area contributed by atoms with Gasteiger partial charge in [-0.15, -0.1) is 0 Å². The first-order valence-electron chi connectivity index (χ1n) is 15.4. The predicted molar refractivity (Wildman–Crippen MR) is 150 cm³/mol. The maximum atomic E-state index is 13.0. The van der Waals surface area contributed by atoms with E-state index >= 15 is 0 Å². The second-order valence-corrected chi connectivity index (χ2v) is 14.7. The minimum absolute atomic E-state index is 0.0858. The summed E-state index contributed by atoms with van der Waals surface area (Å²) < 4.78 is 74.5. The molecule has 0 heterocycles. The summed E-state index contributed by atoms with van der Waals surface area (Å²) in [6, 6.07) is 9.25. The van der Waals surface area contributed by atoms with E-state index < -0.39 is 29.3 Å². The molecule has 0 aliphatic heterocycles. The van der Waals surface area contributed by atoms with Crippen LogP contribution in [0.4, 0.5) is 22.0 Å². The van der Waals surface area contributed by atoms with E-state index in [1.54, 1.807) is 11.1 Å². The molecule has 7 heteroatoms. The number of unbranched alkanes of at least 4 members (excludes halogenated alkanes) is 6. The van der Waals surface area contributed by atoms with Gasteiger partial charge in [0, 0.05) is 28.7 Å². The first-order valence-corrected chi connectivity index (χ1v) is 16.9. The van der Waals surface area contributed by atoms with Gasteiger partial charge in [-0.1, -0.05) is 76.1 Å². The largest absolute Gasteiger partial charge is 0.453 e.